The van der Waals surface area contributed by atoms with Crippen LogP contribution in [-0.4, -0.2) is 32.7 Å². The number of carbonyl (C=O) groups is 1. The molecule has 0 atom stereocenters. The molecule has 0 unspecified atom stereocenters. The van der Waals surface area contributed by atoms with E-state index in [4.69, 9.17) is 4.74 Å². The van der Waals surface area contributed by atoms with Gasteiger partial charge < -0.3 is 19.6 Å². The van der Waals surface area contributed by atoms with Crippen LogP contribution >= 0.6 is 0 Å². The molecule has 0 radical (unpaired) electrons. The molecule has 28 heavy (non-hydrogen) atoms. The molecule has 6 nitrogen and oxygen atoms in total. The summed E-state index contributed by atoms with van der Waals surface area (Å²) >= 11 is 0. The van der Waals surface area contributed by atoms with Gasteiger partial charge >= 0.3 is 6.09 Å². The first-order valence-electron chi connectivity index (χ1n) is 8.76. The molecule has 2 aromatic heterocycles. The number of imidazole rings is 1. The minimum Gasteiger partial charge on any atom is -0.504 e. The van der Waals surface area contributed by atoms with Gasteiger partial charge in [-0.05, 0) is 45.0 Å². The molecule has 0 saturated carbocycles. The predicted molar refractivity (Wildman–Crippen MR) is 100 cm³/mol. The molecule has 0 fully saturated rings. The van der Waals surface area contributed by atoms with E-state index in [1.165, 1.54) is 6.07 Å². The van der Waals surface area contributed by atoms with Crippen LogP contribution < -0.4 is 5.32 Å². The third kappa shape index (κ3) is 4.21. The fourth-order valence-electron chi connectivity index (χ4n) is 2.76. The van der Waals surface area contributed by atoms with Gasteiger partial charge in [0.15, 0.2) is 11.6 Å². The number of alkyl carbamates (subject to hydrolysis) is 1. The van der Waals surface area contributed by atoms with E-state index in [2.05, 4.69) is 10.3 Å². The Kier molecular flexibility index (Phi) is 5.22. The van der Waals surface area contributed by atoms with Crippen LogP contribution in [0, 0.1) is 11.6 Å². The number of phenolic OH excluding ortho intramolecular Hbond substituents is 1. The van der Waals surface area contributed by atoms with Crippen LogP contribution in [0.3, 0.4) is 0 Å². The number of aromatic nitrogens is 2. The van der Waals surface area contributed by atoms with Crippen molar-refractivity contribution in [3.8, 4) is 16.9 Å². The van der Waals surface area contributed by atoms with Crippen LogP contribution in [0.4, 0.5) is 13.6 Å². The standard InChI is InChI=1S/C20H21F2N3O3/c1-20(2,3)28-19(27)23-9-8-13-10-24-16-7-4-12(11-25(13)16)14-5-6-15(21)17(22)18(14)26/h4-7,10-11,26H,8-9H2,1-3H3,(H,23,27). The van der Waals surface area contributed by atoms with Gasteiger partial charge in [-0.25, -0.2) is 14.2 Å². The molecule has 0 aliphatic carbocycles. The van der Waals surface area contributed by atoms with Crippen molar-refractivity contribution in [2.75, 3.05) is 6.54 Å². The molecular formula is C20H21F2N3O3. The lowest BCUT2D eigenvalue weighted by molar-refractivity contribution is 0.0528. The van der Waals surface area contributed by atoms with Gasteiger partial charge in [-0.1, -0.05) is 0 Å². The van der Waals surface area contributed by atoms with Crippen LogP contribution in [-0.2, 0) is 11.2 Å². The molecular weight excluding hydrogens is 368 g/mol. The number of halogens is 2. The number of nitrogens with one attached hydrogen (secondary N) is 1. The molecule has 0 saturated heterocycles. The maximum atomic E-state index is 13.7. The van der Waals surface area contributed by atoms with Crippen LogP contribution in [0.15, 0.2) is 36.7 Å². The van der Waals surface area contributed by atoms with Gasteiger partial charge in [0.25, 0.3) is 0 Å². The summed E-state index contributed by atoms with van der Waals surface area (Å²) in [6.45, 7) is 5.69. The second-order valence-electron chi connectivity index (χ2n) is 7.33. The highest BCUT2D eigenvalue weighted by atomic mass is 19.2. The first kappa shape index (κ1) is 19.6. The maximum absolute atomic E-state index is 13.7. The summed E-state index contributed by atoms with van der Waals surface area (Å²) in [6, 6.07) is 5.65. The number of pyridine rings is 1. The van der Waals surface area contributed by atoms with E-state index in [0.29, 0.717) is 24.2 Å². The summed E-state index contributed by atoms with van der Waals surface area (Å²) in [5, 5.41) is 12.6. The summed E-state index contributed by atoms with van der Waals surface area (Å²) in [5.41, 5.74) is 1.55. The number of amides is 1. The number of nitrogens with zero attached hydrogens (tertiary/aromatic N) is 2. The van der Waals surface area contributed by atoms with Gasteiger partial charge in [-0.2, -0.15) is 4.39 Å². The Labute approximate surface area is 160 Å². The fourth-order valence-corrected chi connectivity index (χ4v) is 2.76. The summed E-state index contributed by atoms with van der Waals surface area (Å²) in [6.07, 6.45) is 3.32. The molecule has 148 valence electrons. The first-order valence-corrected chi connectivity index (χ1v) is 8.76. The van der Waals surface area contributed by atoms with Gasteiger partial charge in [0.05, 0.1) is 0 Å². The number of aromatic hydroxyl groups is 1. The molecule has 8 heteroatoms. The number of fused-ring (bicyclic) bond motifs is 1. The Morgan fingerprint density at radius 1 is 1.25 bits per heavy atom. The van der Waals surface area contributed by atoms with Crippen molar-refractivity contribution in [3.05, 3.63) is 54.0 Å². The van der Waals surface area contributed by atoms with Gasteiger partial charge in [-0.3, -0.25) is 0 Å². The molecule has 0 aliphatic heterocycles. The molecule has 3 aromatic rings. The zero-order chi connectivity index (χ0) is 20.5. The number of ether oxygens (including phenoxy) is 1. The smallest absolute Gasteiger partial charge is 0.407 e. The molecule has 1 aromatic carbocycles. The lowest BCUT2D eigenvalue weighted by atomic mass is 10.1. The molecule has 0 bridgehead atoms. The average Bonchev–Trinajstić information content (AvgIpc) is 3.01. The zero-order valence-corrected chi connectivity index (χ0v) is 15.8. The van der Waals surface area contributed by atoms with E-state index < -0.39 is 29.1 Å². The predicted octanol–water partition coefficient (Wildman–Crippen LogP) is 4.05. The lowest BCUT2D eigenvalue weighted by Gasteiger charge is -2.19. The molecule has 1 amide bonds. The quantitative estimate of drug-likeness (QED) is 0.706. The Hall–Kier alpha value is -3.16. The highest BCUT2D eigenvalue weighted by molar-refractivity contribution is 5.71. The van der Waals surface area contributed by atoms with Crippen molar-refractivity contribution in [2.45, 2.75) is 32.8 Å². The van der Waals surface area contributed by atoms with Crippen molar-refractivity contribution in [1.29, 1.82) is 0 Å². The molecule has 0 aliphatic rings. The second-order valence-corrected chi connectivity index (χ2v) is 7.33. The van der Waals surface area contributed by atoms with Crippen LogP contribution in [0.2, 0.25) is 0 Å². The number of rotatable bonds is 4. The highest BCUT2D eigenvalue weighted by Crippen LogP contribution is 2.32. The number of carbonyl (C=O) groups excluding carboxylic acids is 1. The number of benzene rings is 1. The van der Waals surface area contributed by atoms with E-state index in [-0.39, 0.29) is 5.56 Å². The number of hydrogen-bond donors (Lipinski definition) is 2. The molecule has 3 rings (SSSR count). The number of phenols is 1. The van der Waals surface area contributed by atoms with Crippen molar-refractivity contribution in [3.63, 3.8) is 0 Å². The number of hydrogen-bond acceptors (Lipinski definition) is 4. The van der Waals surface area contributed by atoms with E-state index >= 15 is 0 Å². The van der Waals surface area contributed by atoms with E-state index in [1.54, 1.807) is 49.7 Å². The van der Waals surface area contributed by atoms with Gasteiger partial charge in [0.1, 0.15) is 11.2 Å². The van der Waals surface area contributed by atoms with Crippen LogP contribution in [0.5, 0.6) is 5.75 Å². The summed E-state index contributed by atoms with van der Waals surface area (Å²) in [5.74, 6) is -3.14. The lowest BCUT2D eigenvalue weighted by Crippen LogP contribution is -2.33. The van der Waals surface area contributed by atoms with E-state index in [0.717, 1.165) is 11.8 Å². The van der Waals surface area contributed by atoms with Gasteiger partial charge in [0, 0.05) is 42.2 Å². The highest BCUT2D eigenvalue weighted by Gasteiger charge is 2.17. The van der Waals surface area contributed by atoms with Crippen molar-refractivity contribution in [1.82, 2.24) is 14.7 Å². The summed E-state index contributed by atoms with van der Waals surface area (Å²) in [4.78, 5) is 16.0. The summed E-state index contributed by atoms with van der Waals surface area (Å²) < 4.78 is 33.9. The normalized spacial score (nSPS) is 11.6. The SMILES string of the molecule is CC(C)(C)OC(=O)NCCc1cnc2ccc(-c3ccc(F)c(F)c3O)cn12. The van der Waals surface area contributed by atoms with Gasteiger partial charge in [0.2, 0.25) is 5.82 Å². The minimum atomic E-state index is -1.29. The topological polar surface area (TPSA) is 75.9 Å². The van der Waals surface area contributed by atoms with Crippen molar-refractivity contribution in [2.24, 2.45) is 0 Å². The van der Waals surface area contributed by atoms with Gasteiger partial charge in [-0.15, -0.1) is 0 Å². The van der Waals surface area contributed by atoms with E-state index in [9.17, 15) is 18.7 Å². The fraction of sp³-hybridized carbons (Fsp3) is 0.300. The summed E-state index contributed by atoms with van der Waals surface area (Å²) in [7, 11) is 0. The second kappa shape index (κ2) is 7.46. The molecule has 0 spiro atoms. The third-order valence-corrected chi connectivity index (χ3v) is 4.01. The van der Waals surface area contributed by atoms with Crippen LogP contribution in [0.1, 0.15) is 26.5 Å². The Bertz CT molecular complexity index is 1030. The largest absolute Gasteiger partial charge is 0.504 e. The Morgan fingerprint density at radius 2 is 2.00 bits per heavy atom. The molecule has 2 N–H and O–H groups in total. The third-order valence-electron chi connectivity index (χ3n) is 4.01. The van der Waals surface area contributed by atoms with Crippen molar-refractivity contribution >= 4 is 11.7 Å². The average molecular weight is 389 g/mol. The Balaban J connectivity index is 1.80. The van der Waals surface area contributed by atoms with Crippen LogP contribution in [0.25, 0.3) is 16.8 Å². The maximum Gasteiger partial charge on any atom is 0.407 e. The first-order chi connectivity index (χ1) is 13.2. The zero-order valence-electron chi connectivity index (χ0n) is 15.8. The van der Waals surface area contributed by atoms with E-state index in [1.807, 2.05) is 0 Å². The van der Waals surface area contributed by atoms with Crippen molar-refractivity contribution < 1.29 is 23.4 Å². The monoisotopic (exact) mass is 389 g/mol. The molecule has 2 heterocycles. The minimum absolute atomic E-state index is 0.173. The Morgan fingerprint density at radius 3 is 2.71 bits per heavy atom.